The predicted octanol–water partition coefficient (Wildman–Crippen LogP) is 3.04. The minimum atomic E-state index is 0.158. The third-order valence-electron chi connectivity index (χ3n) is 4.96. The standard InChI is InChI=1S/C16H16O/c17-14-8-12-3-1-2-4-15(12)16(10-14)9-11-5-6-13(16)7-11/h1-6,11,13H,7-10H2. The third-order valence-corrected chi connectivity index (χ3v) is 4.96. The molecule has 1 aromatic rings. The summed E-state index contributed by atoms with van der Waals surface area (Å²) >= 11 is 0. The maximum atomic E-state index is 12.0. The fraction of sp³-hybridized carbons (Fsp3) is 0.438. The number of fused-ring (bicyclic) bond motifs is 5. The quantitative estimate of drug-likeness (QED) is 0.619. The molecule has 0 radical (unpaired) electrons. The van der Waals surface area contributed by atoms with E-state index in [2.05, 4.69) is 36.4 Å². The van der Waals surface area contributed by atoms with Gasteiger partial charge in [-0.1, -0.05) is 36.4 Å². The number of carbonyl (C=O) groups excluding carboxylic acids is 1. The minimum absolute atomic E-state index is 0.158. The molecule has 17 heavy (non-hydrogen) atoms. The summed E-state index contributed by atoms with van der Waals surface area (Å²) in [6.45, 7) is 0. The summed E-state index contributed by atoms with van der Waals surface area (Å²) in [5.74, 6) is 1.77. The Kier molecular flexibility index (Phi) is 1.76. The summed E-state index contributed by atoms with van der Waals surface area (Å²) in [5, 5.41) is 0. The van der Waals surface area contributed by atoms with Crippen LogP contribution in [0.5, 0.6) is 0 Å². The van der Waals surface area contributed by atoms with E-state index < -0.39 is 0 Å². The third kappa shape index (κ3) is 1.17. The molecule has 3 aliphatic rings. The number of hydrogen-bond acceptors (Lipinski definition) is 1. The fourth-order valence-corrected chi connectivity index (χ4v) is 4.35. The molecule has 0 aliphatic heterocycles. The van der Waals surface area contributed by atoms with Crippen LogP contribution in [-0.2, 0) is 16.6 Å². The predicted molar refractivity (Wildman–Crippen MR) is 66.8 cm³/mol. The lowest BCUT2D eigenvalue weighted by Crippen LogP contribution is -2.38. The van der Waals surface area contributed by atoms with Crippen molar-refractivity contribution in [1.29, 1.82) is 0 Å². The first-order valence-corrected chi connectivity index (χ1v) is 6.56. The maximum Gasteiger partial charge on any atom is 0.138 e. The lowest BCUT2D eigenvalue weighted by atomic mass is 9.63. The van der Waals surface area contributed by atoms with E-state index in [1.165, 1.54) is 24.0 Å². The van der Waals surface area contributed by atoms with E-state index >= 15 is 0 Å². The van der Waals surface area contributed by atoms with Gasteiger partial charge in [-0.3, -0.25) is 4.79 Å². The zero-order valence-corrected chi connectivity index (χ0v) is 9.86. The molecule has 3 aliphatic carbocycles. The van der Waals surface area contributed by atoms with Crippen molar-refractivity contribution < 1.29 is 4.79 Å². The Balaban J connectivity index is 1.92. The van der Waals surface area contributed by atoms with Crippen LogP contribution in [-0.4, -0.2) is 5.78 Å². The van der Waals surface area contributed by atoms with Gasteiger partial charge in [0, 0.05) is 18.3 Å². The Morgan fingerprint density at radius 2 is 2.06 bits per heavy atom. The molecule has 0 aromatic heterocycles. The Labute approximate surface area is 102 Å². The molecule has 4 rings (SSSR count). The highest BCUT2D eigenvalue weighted by molar-refractivity contribution is 5.85. The number of hydrogen-bond donors (Lipinski definition) is 0. The zero-order chi connectivity index (χ0) is 11.5. The SMILES string of the molecule is O=C1Cc2ccccc2C2(C1)CC1C=CC2C1. The Bertz CT molecular complexity index is 528. The van der Waals surface area contributed by atoms with Gasteiger partial charge in [0.25, 0.3) is 0 Å². The van der Waals surface area contributed by atoms with E-state index in [0.717, 1.165) is 12.3 Å². The first kappa shape index (κ1) is 9.64. The zero-order valence-electron chi connectivity index (χ0n) is 9.86. The van der Waals surface area contributed by atoms with Gasteiger partial charge < -0.3 is 0 Å². The summed E-state index contributed by atoms with van der Waals surface area (Å²) in [4.78, 5) is 12.0. The molecule has 2 bridgehead atoms. The summed E-state index contributed by atoms with van der Waals surface area (Å²) in [6.07, 6.45) is 8.61. The van der Waals surface area contributed by atoms with Gasteiger partial charge in [0.15, 0.2) is 0 Å². The van der Waals surface area contributed by atoms with Gasteiger partial charge in [-0.2, -0.15) is 0 Å². The van der Waals surface area contributed by atoms with Crippen molar-refractivity contribution in [2.75, 3.05) is 0 Å². The van der Waals surface area contributed by atoms with Crippen LogP contribution in [0.3, 0.4) is 0 Å². The monoisotopic (exact) mass is 224 g/mol. The number of Topliss-reactive ketones (excluding diaryl/α,β-unsaturated/α-hetero) is 1. The molecule has 1 aromatic carbocycles. The largest absolute Gasteiger partial charge is 0.299 e. The van der Waals surface area contributed by atoms with Crippen LogP contribution >= 0.6 is 0 Å². The summed E-state index contributed by atoms with van der Waals surface area (Å²) in [7, 11) is 0. The van der Waals surface area contributed by atoms with E-state index in [9.17, 15) is 4.79 Å². The van der Waals surface area contributed by atoms with E-state index in [1.807, 2.05) is 0 Å². The average Bonchev–Trinajstić information content (AvgIpc) is 2.89. The smallest absolute Gasteiger partial charge is 0.138 e. The molecular weight excluding hydrogens is 208 g/mol. The van der Waals surface area contributed by atoms with Crippen LogP contribution in [0, 0.1) is 11.8 Å². The van der Waals surface area contributed by atoms with Gasteiger partial charge >= 0.3 is 0 Å². The maximum absolute atomic E-state index is 12.0. The molecule has 3 atom stereocenters. The molecule has 0 heterocycles. The summed E-state index contributed by atoms with van der Waals surface area (Å²) in [5.41, 5.74) is 2.91. The normalized spacial score (nSPS) is 37.8. The number of carbonyl (C=O) groups is 1. The van der Waals surface area contributed by atoms with Gasteiger partial charge in [0.2, 0.25) is 0 Å². The molecule has 1 nitrogen and oxygen atoms in total. The lowest BCUT2D eigenvalue weighted by Gasteiger charge is -2.40. The molecular formula is C16H16O. The van der Waals surface area contributed by atoms with E-state index in [1.54, 1.807) is 0 Å². The second kappa shape index (κ2) is 3.10. The number of ketones is 1. The van der Waals surface area contributed by atoms with Crippen LogP contribution in [0.15, 0.2) is 36.4 Å². The Hall–Kier alpha value is -1.37. The van der Waals surface area contributed by atoms with Gasteiger partial charge in [-0.25, -0.2) is 0 Å². The molecule has 3 unspecified atom stereocenters. The van der Waals surface area contributed by atoms with Crippen LogP contribution in [0.1, 0.15) is 30.4 Å². The molecule has 0 N–H and O–H groups in total. The van der Waals surface area contributed by atoms with E-state index in [0.29, 0.717) is 18.1 Å². The fourth-order valence-electron chi connectivity index (χ4n) is 4.35. The van der Waals surface area contributed by atoms with Crippen molar-refractivity contribution in [3.05, 3.63) is 47.5 Å². The number of rotatable bonds is 0. The topological polar surface area (TPSA) is 17.1 Å². The Morgan fingerprint density at radius 3 is 2.82 bits per heavy atom. The van der Waals surface area contributed by atoms with Crippen molar-refractivity contribution in [2.45, 2.75) is 31.1 Å². The molecule has 1 heteroatoms. The average molecular weight is 224 g/mol. The van der Waals surface area contributed by atoms with Crippen molar-refractivity contribution in [3.63, 3.8) is 0 Å². The molecule has 0 amide bonds. The van der Waals surface area contributed by atoms with Gasteiger partial charge in [-0.15, -0.1) is 0 Å². The molecule has 0 saturated heterocycles. The van der Waals surface area contributed by atoms with E-state index in [-0.39, 0.29) is 5.41 Å². The highest BCUT2D eigenvalue weighted by atomic mass is 16.1. The highest BCUT2D eigenvalue weighted by Gasteiger charge is 2.52. The highest BCUT2D eigenvalue weighted by Crippen LogP contribution is 2.57. The van der Waals surface area contributed by atoms with Crippen molar-refractivity contribution in [3.8, 4) is 0 Å². The number of allylic oxidation sites excluding steroid dienone is 2. The van der Waals surface area contributed by atoms with E-state index in [4.69, 9.17) is 0 Å². The minimum Gasteiger partial charge on any atom is -0.299 e. The molecule has 1 fully saturated rings. The van der Waals surface area contributed by atoms with Crippen LogP contribution < -0.4 is 0 Å². The van der Waals surface area contributed by atoms with Crippen LogP contribution in [0.4, 0.5) is 0 Å². The second-order valence-corrected chi connectivity index (χ2v) is 5.90. The number of benzene rings is 1. The molecule has 86 valence electrons. The van der Waals surface area contributed by atoms with Gasteiger partial charge in [-0.05, 0) is 35.8 Å². The van der Waals surface area contributed by atoms with Gasteiger partial charge in [0.05, 0.1) is 0 Å². The second-order valence-electron chi connectivity index (χ2n) is 5.90. The first-order valence-electron chi connectivity index (χ1n) is 6.56. The lowest BCUT2D eigenvalue weighted by molar-refractivity contribution is -0.120. The summed E-state index contributed by atoms with van der Waals surface area (Å²) in [6, 6.07) is 8.60. The summed E-state index contributed by atoms with van der Waals surface area (Å²) < 4.78 is 0. The van der Waals surface area contributed by atoms with Gasteiger partial charge in [0.1, 0.15) is 5.78 Å². The molecule has 1 spiro atoms. The van der Waals surface area contributed by atoms with Crippen LogP contribution in [0.2, 0.25) is 0 Å². The van der Waals surface area contributed by atoms with Crippen molar-refractivity contribution >= 4 is 5.78 Å². The van der Waals surface area contributed by atoms with Crippen LogP contribution in [0.25, 0.3) is 0 Å². The first-order chi connectivity index (χ1) is 8.28. The van der Waals surface area contributed by atoms with Crippen molar-refractivity contribution in [1.82, 2.24) is 0 Å². The molecule has 1 saturated carbocycles. The van der Waals surface area contributed by atoms with Crippen molar-refractivity contribution in [2.24, 2.45) is 11.8 Å². The Morgan fingerprint density at radius 1 is 1.18 bits per heavy atom.